The summed E-state index contributed by atoms with van der Waals surface area (Å²) in [6.45, 7) is 4.18. The normalized spacial score (nSPS) is 16.8. The van der Waals surface area contributed by atoms with Gasteiger partial charge in [0, 0.05) is 33.6 Å². The molecule has 32 heavy (non-hydrogen) atoms. The zero-order valence-corrected chi connectivity index (χ0v) is 19.4. The highest BCUT2D eigenvalue weighted by Gasteiger charge is 2.38. The molecule has 1 aliphatic heterocycles. The number of carbonyl (C=O) groups is 1. The zero-order chi connectivity index (χ0) is 22.5. The zero-order valence-electron chi connectivity index (χ0n) is 17.8. The molecule has 8 heteroatoms. The number of amides is 1. The molecule has 1 saturated heterocycles. The molecule has 0 unspecified atom stereocenters. The van der Waals surface area contributed by atoms with Gasteiger partial charge in [-0.25, -0.2) is 0 Å². The van der Waals surface area contributed by atoms with Crippen molar-refractivity contribution in [1.29, 1.82) is 0 Å². The maximum Gasteiger partial charge on any atom is 0.254 e. The van der Waals surface area contributed by atoms with E-state index in [4.69, 9.17) is 4.52 Å². The predicted octanol–water partition coefficient (Wildman–Crippen LogP) is 5.02. The molecule has 2 aromatic carbocycles. The van der Waals surface area contributed by atoms with Gasteiger partial charge in [0.25, 0.3) is 5.91 Å². The van der Waals surface area contributed by atoms with Crippen LogP contribution in [0.2, 0.25) is 0 Å². The van der Waals surface area contributed by atoms with Gasteiger partial charge in [-0.3, -0.25) is 9.89 Å². The molecule has 1 atom stereocenters. The lowest BCUT2D eigenvalue weighted by Crippen LogP contribution is -2.48. The summed E-state index contributed by atoms with van der Waals surface area (Å²) in [7, 11) is 0. The van der Waals surface area contributed by atoms with Crippen molar-refractivity contribution in [3.05, 3.63) is 58.6 Å². The molecule has 164 valence electrons. The second-order valence-corrected chi connectivity index (χ2v) is 9.64. The number of nitrogens with one attached hydrogen (secondary N) is 1. The van der Waals surface area contributed by atoms with Gasteiger partial charge in [0.05, 0.1) is 17.2 Å². The minimum atomic E-state index is -0.921. The molecule has 0 radical (unpaired) electrons. The summed E-state index contributed by atoms with van der Waals surface area (Å²) in [5.41, 5.74) is 2.79. The summed E-state index contributed by atoms with van der Waals surface area (Å²) in [6, 6.07) is 14.9. The molecule has 3 heterocycles. The van der Waals surface area contributed by atoms with E-state index in [0.29, 0.717) is 29.3 Å². The van der Waals surface area contributed by atoms with Crippen LogP contribution >= 0.6 is 15.9 Å². The van der Waals surface area contributed by atoms with Gasteiger partial charge in [-0.1, -0.05) is 33.2 Å². The van der Waals surface area contributed by atoms with E-state index in [-0.39, 0.29) is 11.9 Å². The van der Waals surface area contributed by atoms with Crippen LogP contribution in [0.3, 0.4) is 0 Å². The number of H-pyrrole nitrogens is 1. The van der Waals surface area contributed by atoms with Crippen LogP contribution in [0, 0.1) is 0 Å². The first kappa shape index (κ1) is 20.9. The maximum atomic E-state index is 13.0. The molecule has 1 amide bonds. The average molecular weight is 495 g/mol. The average Bonchev–Trinajstić information content (AvgIpc) is 3.51. The molecule has 5 rings (SSSR count). The Hall–Kier alpha value is -2.97. The van der Waals surface area contributed by atoms with Crippen LogP contribution in [0.25, 0.3) is 33.6 Å². The van der Waals surface area contributed by atoms with Crippen molar-refractivity contribution in [2.45, 2.75) is 38.3 Å². The number of aliphatic hydroxyl groups is 1. The third-order valence-electron chi connectivity index (χ3n) is 6.03. The highest BCUT2D eigenvalue weighted by Crippen LogP contribution is 2.32. The molecule has 0 aliphatic carbocycles. The van der Waals surface area contributed by atoms with E-state index in [2.05, 4.69) is 31.3 Å². The van der Waals surface area contributed by atoms with E-state index in [0.717, 1.165) is 33.8 Å². The Labute approximate surface area is 193 Å². The SMILES string of the molecule is CC(C)(O)[C@@H]1CCCN1C(=O)c1ccc(-c2cc(-c3n[nH]c4cc(Br)ccc34)on2)cc1. The summed E-state index contributed by atoms with van der Waals surface area (Å²) < 4.78 is 6.53. The van der Waals surface area contributed by atoms with E-state index in [1.165, 1.54) is 0 Å². The Balaban J connectivity index is 1.38. The quantitative estimate of drug-likeness (QED) is 0.415. The van der Waals surface area contributed by atoms with Crippen LogP contribution in [0.1, 0.15) is 37.0 Å². The number of benzene rings is 2. The largest absolute Gasteiger partial charge is 0.388 e. The number of halogens is 1. The van der Waals surface area contributed by atoms with Crippen molar-refractivity contribution in [2.24, 2.45) is 0 Å². The van der Waals surface area contributed by atoms with Gasteiger partial charge >= 0.3 is 0 Å². The van der Waals surface area contributed by atoms with Gasteiger partial charge in [0.1, 0.15) is 11.4 Å². The Morgan fingerprint density at radius 1 is 1.22 bits per heavy atom. The van der Waals surface area contributed by atoms with Gasteiger partial charge < -0.3 is 14.5 Å². The molecular weight excluding hydrogens is 472 g/mol. The highest BCUT2D eigenvalue weighted by atomic mass is 79.9. The van der Waals surface area contributed by atoms with Crippen LogP contribution in [0.4, 0.5) is 0 Å². The summed E-state index contributed by atoms with van der Waals surface area (Å²) in [5.74, 6) is 0.509. The number of likely N-dealkylation sites (tertiary alicyclic amines) is 1. The van der Waals surface area contributed by atoms with Crippen molar-refractivity contribution in [3.63, 3.8) is 0 Å². The van der Waals surface area contributed by atoms with E-state index < -0.39 is 5.60 Å². The van der Waals surface area contributed by atoms with Gasteiger partial charge in [-0.15, -0.1) is 0 Å². The summed E-state index contributed by atoms with van der Waals surface area (Å²) in [5, 5.41) is 22.9. The van der Waals surface area contributed by atoms with E-state index in [1.807, 2.05) is 36.4 Å². The molecule has 0 bridgehead atoms. The third-order valence-corrected chi connectivity index (χ3v) is 6.52. The molecular formula is C24H23BrN4O3. The van der Waals surface area contributed by atoms with Crippen molar-refractivity contribution >= 4 is 32.7 Å². The lowest BCUT2D eigenvalue weighted by molar-refractivity contribution is 0.000337. The number of fused-ring (bicyclic) bond motifs is 1. The number of carbonyl (C=O) groups excluding carboxylic acids is 1. The van der Waals surface area contributed by atoms with Gasteiger partial charge in [-0.05, 0) is 57.0 Å². The topological polar surface area (TPSA) is 95.2 Å². The van der Waals surface area contributed by atoms with Gasteiger partial charge in [-0.2, -0.15) is 5.10 Å². The first-order valence-corrected chi connectivity index (χ1v) is 11.3. The smallest absolute Gasteiger partial charge is 0.254 e. The number of rotatable bonds is 4. The fraction of sp³-hybridized carbons (Fsp3) is 0.292. The lowest BCUT2D eigenvalue weighted by Gasteiger charge is -2.33. The molecule has 1 aliphatic rings. The fourth-order valence-electron chi connectivity index (χ4n) is 4.40. The molecule has 2 aromatic heterocycles. The van der Waals surface area contributed by atoms with E-state index >= 15 is 0 Å². The first-order valence-electron chi connectivity index (χ1n) is 10.6. The van der Waals surface area contributed by atoms with E-state index in [9.17, 15) is 9.90 Å². The van der Waals surface area contributed by atoms with Crippen LogP contribution in [0.15, 0.2) is 57.5 Å². The minimum Gasteiger partial charge on any atom is -0.388 e. The van der Waals surface area contributed by atoms with Crippen molar-refractivity contribution in [3.8, 4) is 22.7 Å². The Morgan fingerprint density at radius 2 is 2.00 bits per heavy atom. The number of nitrogens with zero attached hydrogens (tertiary/aromatic N) is 3. The number of aromatic amines is 1. The molecule has 7 nitrogen and oxygen atoms in total. The van der Waals surface area contributed by atoms with Crippen molar-refractivity contribution in [1.82, 2.24) is 20.3 Å². The maximum absolute atomic E-state index is 13.0. The summed E-state index contributed by atoms with van der Waals surface area (Å²) in [6.07, 6.45) is 1.72. The molecule has 2 N–H and O–H groups in total. The second-order valence-electron chi connectivity index (χ2n) is 8.73. The minimum absolute atomic E-state index is 0.0591. The number of hydrogen-bond donors (Lipinski definition) is 2. The fourth-order valence-corrected chi connectivity index (χ4v) is 4.76. The Kier molecular flexibility index (Phi) is 5.14. The first-order chi connectivity index (χ1) is 15.3. The van der Waals surface area contributed by atoms with Crippen LogP contribution in [0.5, 0.6) is 0 Å². The number of hydrogen-bond acceptors (Lipinski definition) is 5. The standard InChI is InChI=1S/C24H23BrN4O3/c1-24(2,31)21-4-3-11-29(21)23(30)15-7-5-14(6-8-15)18-13-20(32-28-18)22-17-10-9-16(25)12-19(17)26-27-22/h5-10,12-13,21,31H,3-4,11H2,1-2H3,(H,26,27)/t21-/m0/s1. The van der Waals surface area contributed by atoms with Crippen molar-refractivity contribution < 1.29 is 14.4 Å². The summed E-state index contributed by atoms with van der Waals surface area (Å²) >= 11 is 3.46. The van der Waals surface area contributed by atoms with Crippen molar-refractivity contribution in [2.75, 3.05) is 6.54 Å². The highest BCUT2D eigenvalue weighted by molar-refractivity contribution is 9.10. The second kappa shape index (κ2) is 7.86. The monoisotopic (exact) mass is 494 g/mol. The number of aromatic nitrogens is 3. The molecule has 0 saturated carbocycles. The van der Waals surface area contributed by atoms with Crippen LogP contribution in [-0.4, -0.2) is 49.5 Å². The van der Waals surface area contributed by atoms with E-state index in [1.54, 1.807) is 30.9 Å². The molecule has 1 fully saturated rings. The Morgan fingerprint density at radius 3 is 2.75 bits per heavy atom. The van der Waals surface area contributed by atoms with Crippen LogP contribution in [-0.2, 0) is 0 Å². The Bertz CT molecular complexity index is 1290. The van der Waals surface area contributed by atoms with Crippen LogP contribution < -0.4 is 0 Å². The summed E-state index contributed by atoms with van der Waals surface area (Å²) in [4.78, 5) is 14.8. The van der Waals surface area contributed by atoms with Gasteiger partial charge in [0.2, 0.25) is 0 Å². The van der Waals surface area contributed by atoms with Gasteiger partial charge in [0.15, 0.2) is 5.76 Å². The lowest BCUT2D eigenvalue weighted by atomic mass is 9.96. The third kappa shape index (κ3) is 3.73. The predicted molar refractivity (Wildman–Crippen MR) is 125 cm³/mol. The molecule has 0 spiro atoms. The molecule has 4 aromatic rings.